The molecule has 1 atom stereocenters. The highest BCUT2D eigenvalue weighted by molar-refractivity contribution is 5.91. The fraction of sp³-hybridized carbons (Fsp3) is 0.208. The standard InChI is InChI=1S/C24H25N3O5/c1-14-6-4-7-16(10-14)17-8-5-9-18(11-17)19(12-20(28)29)25-24(32)26-21-22(30)15(2)13-27(3)23(21)31/h4-11,13,19,30H,12H2,1-3H3,(H,28,29)(H2,25,26,32). The van der Waals surface area contributed by atoms with Crippen LogP contribution in [-0.2, 0) is 11.8 Å². The van der Waals surface area contributed by atoms with Crippen molar-refractivity contribution in [3.8, 4) is 16.9 Å². The van der Waals surface area contributed by atoms with Crippen LogP contribution in [0.2, 0.25) is 0 Å². The average Bonchev–Trinajstić information content (AvgIpc) is 2.75. The van der Waals surface area contributed by atoms with E-state index in [1.807, 2.05) is 43.3 Å². The van der Waals surface area contributed by atoms with E-state index in [9.17, 15) is 24.6 Å². The smallest absolute Gasteiger partial charge is 0.319 e. The molecule has 0 bridgehead atoms. The van der Waals surface area contributed by atoms with Crippen molar-refractivity contribution in [3.05, 3.63) is 81.8 Å². The van der Waals surface area contributed by atoms with E-state index in [0.29, 0.717) is 11.1 Å². The Bertz CT molecular complexity index is 1230. The third-order valence-corrected chi connectivity index (χ3v) is 5.09. The zero-order valence-electron chi connectivity index (χ0n) is 18.0. The Kier molecular flexibility index (Phi) is 6.63. The molecule has 8 nitrogen and oxygen atoms in total. The van der Waals surface area contributed by atoms with Crippen molar-refractivity contribution >= 4 is 17.7 Å². The maximum absolute atomic E-state index is 12.6. The topological polar surface area (TPSA) is 121 Å². The molecule has 0 aliphatic carbocycles. The summed E-state index contributed by atoms with van der Waals surface area (Å²) >= 11 is 0. The van der Waals surface area contributed by atoms with Gasteiger partial charge in [0.05, 0.1) is 12.5 Å². The summed E-state index contributed by atoms with van der Waals surface area (Å²) in [4.78, 5) is 36.4. The third kappa shape index (κ3) is 5.15. The van der Waals surface area contributed by atoms with E-state index < -0.39 is 23.6 Å². The molecule has 8 heteroatoms. The van der Waals surface area contributed by atoms with Gasteiger partial charge < -0.3 is 25.4 Å². The molecular formula is C24H25N3O5. The highest BCUT2D eigenvalue weighted by Gasteiger charge is 2.21. The summed E-state index contributed by atoms with van der Waals surface area (Å²) in [6.45, 7) is 3.58. The first kappa shape index (κ1) is 22.6. The molecule has 32 heavy (non-hydrogen) atoms. The first-order valence-electron chi connectivity index (χ1n) is 10.0. The van der Waals surface area contributed by atoms with Crippen LogP contribution in [-0.4, -0.2) is 26.8 Å². The maximum Gasteiger partial charge on any atom is 0.319 e. The molecule has 4 N–H and O–H groups in total. The van der Waals surface area contributed by atoms with Gasteiger partial charge in [0.1, 0.15) is 5.75 Å². The molecule has 0 saturated heterocycles. The number of urea groups is 1. The first-order valence-corrected chi connectivity index (χ1v) is 10.0. The Hall–Kier alpha value is -4.07. The molecule has 2 aromatic carbocycles. The van der Waals surface area contributed by atoms with Gasteiger partial charge in [-0.3, -0.25) is 9.59 Å². The second-order valence-corrected chi connectivity index (χ2v) is 7.70. The Morgan fingerprint density at radius 3 is 2.38 bits per heavy atom. The number of amides is 2. The Balaban J connectivity index is 1.88. The number of hydrogen-bond acceptors (Lipinski definition) is 4. The van der Waals surface area contributed by atoms with Crippen molar-refractivity contribution in [1.29, 1.82) is 0 Å². The minimum Gasteiger partial charge on any atom is -0.505 e. The molecule has 3 aromatic rings. The van der Waals surface area contributed by atoms with Gasteiger partial charge in [-0.25, -0.2) is 4.79 Å². The van der Waals surface area contributed by atoms with Crippen LogP contribution >= 0.6 is 0 Å². The first-order chi connectivity index (χ1) is 15.2. The molecule has 3 rings (SSSR count). The lowest BCUT2D eigenvalue weighted by Gasteiger charge is -2.19. The highest BCUT2D eigenvalue weighted by Crippen LogP contribution is 2.26. The number of carboxylic acids is 1. The molecule has 166 valence electrons. The largest absolute Gasteiger partial charge is 0.505 e. The molecule has 1 unspecified atom stereocenters. The van der Waals surface area contributed by atoms with Gasteiger partial charge in [-0.05, 0) is 36.6 Å². The number of carbonyl (C=O) groups excluding carboxylic acids is 1. The maximum atomic E-state index is 12.6. The number of aliphatic carboxylic acids is 1. The van der Waals surface area contributed by atoms with Crippen molar-refractivity contribution in [2.45, 2.75) is 26.3 Å². The van der Waals surface area contributed by atoms with Gasteiger partial charge in [-0.2, -0.15) is 0 Å². The average molecular weight is 435 g/mol. The molecule has 0 aliphatic heterocycles. The SMILES string of the molecule is Cc1cccc(-c2cccc(C(CC(=O)O)NC(=O)Nc3c(O)c(C)cn(C)c3=O)c2)c1. The summed E-state index contributed by atoms with van der Waals surface area (Å²) in [6.07, 6.45) is 1.09. The van der Waals surface area contributed by atoms with Crippen molar-refractivity contribution in [2.24, 2.45) is 7.05 Å². The minimum atomic E-state index is -1.09. The Morgan fingerprint density at radius 1 is 1.06 bits per heavy atom. The predicted molar refractivity (Wildman–Crippen MR) is 122 cm³/mol. The fourth-order valence-corrected chi connectivity index (χ4v) is 3.49. The van der Waals surface area contributed by atoms with Gasteiger partial charge in [0.15, 0.2) is 5.69 Å². The minimum absolute atomic E-state index is 0.271. The molecule has 0 spiro atoms. The number of benzene rings is 2. The van der Waals surface area contributed by atoms with Gasteiger partial charge in [-0.15, -0.1) is 0 Å². The fourth-order valence-electron chi connectivity index (χ4n) is 3.49. The quantitative estimate of drug-likeness (QED) is 0.470. The summed E-state index contributed by atoms with van der Waals surface area (Å²) < 4.78 is 1.24. The van der Waals surface area contributed by atoms with Crippen LogP contribution in [0.3, 0.4) is 0 Å². The number of carboxylic acid groups (broad SMARTS) is 1. The predicted octanol–water partition coefficient (Wildman–Crippen LogP) is 3.71. The molecular weight excluding hydrogens is 410 g/mol. The zero-order valence-corrected chi connectivity index (χ0v) is 18.0. The van der Waals surface area contributed by atoms with Crippen molar-refractivity contribution in [3.63, 3.8) is 0 Å². The van der Waals surface area contributed by atoms with Crippen LogP contribution in [0.5, 0.6) is 5.75 Å². The number of nitrogens with zero attached hydrogens (tertiary/aromatic N) is 1. The molecule has 2 amide bonds. The Morgan fingerprint density at radius 2 is 1.72 bits per heavy atom. The molecule has 0 aliphatic rings. The Labute approximate surface area is 185 Å². The van der Waals surface area contributed by atoms with Gasteiger partial charge in [0, 0.05) is 18.8 Å². The lowest BCUT2D eigenvalue weighted by Crippen LogP contribution is -2.36. The molecule has 1 aromatic heterocycles. The highest BCUT2D eigenvalue weighted by atomic mass is 16.4. The van der Waals surface area contributed by atoms with Gasteiger partial charge in [-0.1, -0.05) is 48.0 Å². The van der Waals surface area contributed by atoms with E-state index >= 15 is 0 Å². The van der Waals surface area contributed by atoms with Crippen molar-refractivity contribution in [1.82, 2.24) is 9.88 Å². The second kappa shape index (κ2) is 9.38. The van der Waals surface area contributed by atoms with E-state index in [2.05, 4.69) is 10.6 Å². The summed E-state index contributed by atoms with van der Waals surface area (Å²) in [5.41, 5.74) is 3.10. The summed E-state index contributed by atoms with van der Waals surface area (Å²) in [5, 5.41) is 24.5. The molecule has 0 saturated carbocycles. The van der Waals surface area contributed by atoms with Crippen LogP contribution < -0.4 is 16.2 Å². The number of anilines is 1. The van der Waals surface area contributed by atoms with E-state index in [1.54, 1.807) is 19.1 Å². The monoisotopic (exact) mass is 435 g/mol. The van der Waals surface area contributed by atoms with E-state index in [1.165, 1.54) is 17.8 Å². The molecule has 1 heterocycles. The second-order valence-electron chi connectivity index (χ2n) is 7.70. The molecule has 0 fully saturated rings. The van der Waals surface area contributed by atoms with Crippen LogP contribution in [0, 0.1) is 13.8 Å². The number of hydrogen-bond donors (Lipinski definition) is 4. The number of aromatic nitrogens is 1. The number of nitrogens with one attached hydrogen (secondary N) is 2. The third-order valence-electron chi connectivity index (χ3n) is 5.09. The number of rotatable bonds is 6. The number of aromatic hydroxyl groups is 1. The van der Waals surface area contributed by atoms with Crippen LogP contribution in [0.1, 0.15) is 29.2 Å². The number of aryl methyl sites for hydroxylation is 3. The van der Waals surface area contributed by atoms with E-state index in [-0.39, 0.29) is 17.9 Å². The number of pyridine rings is 1. The zero-order chi connectivity index (χ0) is 23.4. The number of carbonyl (C=O) groups is 2. The van der Waals surface area contributed by atoms with Crippen molar-refractivity contribution < 1.29 is 19.8 Å². The van der Waals surface area contributed by atoms with E-state index in [0.717, 1.165) is 16.7 Å². The summed E-state index contributed by atoms with van der Waals surface area (Å²) in [7, 11) is 1.50. The van der Waals surface area contributed by atoms with E-state index in [4.69, 9.17) is 0 Å². The van der Waals surface area contributed by atoms with Crippen molar-refractivity contribution in [2.75, 3.05) is 5.32 Å². The normalized spacial score (nSPS) is 11.6. The van der Waals surface area contributed by atoms with Gasteiger partial charge in [0.25, 0.3) is 5.56 Å². The summed E-state index contributed by atoms with van der Waals surface area (Å²) in [5.74, 6) is -1.43. The summed E-state index contributed by atoms with van der Waals surface area (Å²) in [6, 6.07) is 13.5. The molecule has 0 radical (unpaired) electrons. The van der Waals surface area contributed by atoms with Gasteiger partial charge in [0.2, 0.25) is 0 Å². The van der Waals surface area contributed by atoms with Crippen LogP contribution in [0.25, 0.3) is 11.1 Å². The van der Waals surface area contributed by atoms with Gasteiger partial charge >= 0.3 is 12.0 Å². The lowest BCUT2D eigenvalue weighted by atomic mass is 9.97. The van der Waals surface area contributed by atoms with Crippen LogP contribution in [0.15, 0.2) is 59.5 Å². The lowest BCUT2D eigenvalue weighted by molar-refractivity contribution is -0.137. The van der Waals surface area contributed by atoms with Crippen LogP contribution in [0.4, 0.5) is 10.5 Å².